The first-order valence-corrected chi connectivity index (χ1v) is 9.71. The van der Waals surface area contributed by atoms with Gasteiger partial charge in [0.2, 0.25) is 10.0 Å². The first-order valence-electron chi connectivity index (χ1n) is 6.04. The standard InChI is InChI=1S/C10H22N2O4S2/c1-9-4-3-5-12(10(9)8-11)18(15,16)7-6-17(2,13)14/h9-10H,3-8,11H2,1-2H3/t9-,10-/m0/s1. The van der Waals surface area contributed by atoms with Crippen molar-refractivity contribution in [2.75, 3.05) is 30.9 Å². The van der Waals surface area contributed by atoms with Gasteiger partial charge in [-0.25, -0.2) is 16.8 Å². The molecule has 0 aromatic carbocycles. The molecule has 1 aliphatic rings. The van der Waals surface area contributed by atoms with E-state index in [0.29, 0.717) is 6.54 Å². The Kier molecular flexibility index (Phi) is 5.16. The number of nitrogens with zero attached hydrogens (tertiary/aromatic N) is 1. The van der Waals surface area contributed by atoms with Gasteiger partial charge in [-0.15, -0.1) is 0 Å². The van der Waals surface area contributed by atoms with Crippen molar-refractivity contribution in [3.63, 3.8) is 0 Å². The molecular weight excluding hydrogens is 276 g/mol. The van der Waals surface area contributed by atoms with Crippen LogP contribution in [0.25, 0.3) is 0 Å². The van der Waals surface area contributed by atoms with Crippen LogP contribution in [0.3, 0.4) is 0 Å². The number of nitrogens with two attached hydrogens (primary N) is 1. The lowest BCUT2D eigenvalue weighted by Crippen LogP contribution is -2.52. The summed E-state index contributed by atoms with van der Waals surface area (Å²) in [5, 5.41) is 0. The predicted molar refractivity (Wildman–Crippen MR) is 71.4 cm³/mol. The third kappa shape index (κ3) is 4.18. The monoisotopic (exact) mass is 298 g/mol. The van der Waals surface area contributed by atoms with Crippen LogP contribution in [0.15, 0.2) is 0 Å². The van der Waals surface area contributed by atoms with Gasteiger partial charge < -0.3 is 5.73 Å². The fourth-order valence-electron chi connectivity index (χ4n) is 2.28. The highest BCUT2D eigenvalue weighted by Gasteiger charge is 2.35. The summed E-state index contributed by atoms with van der Waals surface area (Å²) < 4.78 is 47.8. The minimum absolute atomic E-state index is 0.205. The number of sulfonamides is 1. The van der Waals surface area contributed by atoms with E-state index in [4.69, 9.17) is 5.73 Å². The second-order valence-corrected chi connectivity index (χ2v) is 9.28. The van der Waals surface area contributed by atoms with Gasteiger partial charge >= 0.3 is 0 Å². The highest BCUT2D eigenvalue weighted by Crippen LogP contribution is 2.25. The van der Waals surface area contributed by atoms with Crippen LogP contribution < -0.4 is 5.73 Å². The van der Waals surface area contributed by atoms with E-state index >= 15 is 0 Å². The maximum absolute atomic E-state index is 12.2. The molecular formula is C10H22N2O4S2. The number of rotatable bonds is 5. The van der Waals surface area contributed by atoms with E-state index in [1.807, 2.05) is 6.92 Å². The van der Waals surface area contributed by atoms with Gasteiger partial charge in [0.1, 0.15) is 9.84 Å². The molecule has 0 spiro atoms. The van der Waals surface area contributed by atoms with E-state index < -0.39 is 19.9 Å². The van der Waals surface area contributed by atoms with E-state index in [-0.39, 0.29) is 30.0 Å². The first-order chi connectivity index (χ1) is 8.17. The Morgan fingerprint density at radius 3 is 2.33 bits per heavy atom. The SMILES string of the molecule is C[C@H]1CCCN(S(=O)(=O)CCS(C)(=O)=O)[C@H]1CN. The van der Waals surface area contributed by atoms with Crippen LogP contribution in [0.2, 0.25) is 0 Å². The molecule has 2 N–H and O–H groups in total. The van der Waals surface area contributed by atoms with Crippen molar-refractivity contribution in [2.24, 2.45) is 11.7 Å². The van der Waals surface area contributed by atoms with Crippen LogP contribution in [0.1, 0.15) is 19.8 Å². The van der Waals surface area contributed by atoms with Crippen molar-refractivity contribution in [2.45, 2.75) is 25.8 Å². The Labute approximate surface area is 110 Å². The van der Waals surface area contributed by atoms with Crippen molar-refractivity contribution < 1.29 is 16.8 Å². The first kappa shape index (κ1) is 15.9. The van der Waals surface area contributed by atoms with Gasteiger partial charge in [-0.1, -0.05) is 6.92 Å². The summed E-state index contributed by atoms with van der Waals surface area (Å²) in [5.74, 6) is -0.469. The Bertz CT molecular complexity index is 472. The summed E-state index contributed by atoms with van der Waals surface area (Å²) >= 11 is 0. The van der Waals surface area contributed by atoms with Gasteiger partial charge in [-0.2, -0.15) is 4.31 Å². The summed E-state index contributed by atoms with van der Waals surface area (Å²) in [6, 6.07) is -0.205. The van der Waals surface area contributed by atoms with Crippen LogP contribution >= 0.6 is 0 Å². The summed E-state index contributed by atoms with van der Waals surface area (Å²) in [6.45, 7) is 2.70. The predicted octanol–water partition coefficient (Wildman–Crippen LogP) is -0.580. The van der Waals surface area contributed by atoms with Crippen LogP contribution in [0.5, 0.6) is 0 Å². The Balaban J connectivity index is 2.82. The minimum atomic E-state index is -3.54. The van der Waals surface area contributed by atoms with Crippen LogP contribution in [-0.2, 0) is 19.9 Å². The summed E-state index contributed by atoms with van der Waals surface area (Å²) in [4.78, 5) is 0. The van der Waals surface area contributed by atoms with Gasteiger partial charge in [0.25, 0.3) is 0 Å². The molecule has 8 heteroatoms. The number of sulfone groups is 1. The molecule has 0 saturated carbocycles. The maximum Gasteiger partial charge on any atom is 0.215 e. The molecule has 1 saturated heterocycles. The van der Waals surface area contributed by atoms with Crippen molar-refractivity contribution in [1.82, 2.24) is 4.31 Å². The summed E-state index contributed by atoms with van der Waals surface area (Å²) in [7, 11) is -6.81. The van der Waals surface area contributed by atoms with Gasteiger partial charge in [0.05, 0.1) is 11.5 Å². The van der Waals surface area contributed by atoms with E-state index in [1.54, 1.807) is 0 Å². The van der Waals surface area contributed by atoms with Crippen LogP contribution in [0.4, 0.5) is 0 Å². The highest BCUT2D eigenvalue weighted by molar-refractivity contribution is 7.93. The lowest BCUT2D eigenvalue weighted by atomic mass is 9.93. The molecule has 0 amide bonds. The molecule has 0 aromatic heterocycles. The van der Waals surface area contributed by atoms with Crippen LogP contribution in [-0.4, -0.2) is 58.0 Å². The molecule has 0 unspecified atom stereocenters. The Morgan fingerprint density at radius 1 is 1.22 bits per heavy atom. The quantitative estimate of drug-likeness (QED) is 0.732. The van der Waals surface area contributed by atoms with Gasteiger partial charge in [-0.05, 0) is 18.8 Å². The fraction of sp³-hybridized carbons (Fsp3) is 1.00. The highest BCUT2D eigenvalue weighted by atomic mass is 32.2. The third-order valence-corrected chi connectivity index (χ3v) is 6.47. The molecule has 0 aliphatic carbocycles. The van der Waals surface area contributed by atoms with Gasteiger partial charge in [0.15, 0.2) is 0 Å². The molecule has 18 heavy (non-hydrogen) atoms. The average molecular weight is 298 g/mol. The van der Waals surface area contributed by atoms with E-state index in [0.717, 1.165) is 19.1 Å². The zero-order valence-electron chi connectivity index (χ0n) is 10.9. The summed E-state index contributed by atoms with van der Waals surface area (Å²) in [5.41, 5.74) is 5.64. The number of hydrogen-bond donors (Lipinski definition) is 1. The molecule has 1 fully saturated rings. The van der Waals surface area contributed by atoms with Crippen molar-refractivity contribution in [1.29, 1.82) is 0 Å². The zero-order valence-corrected chi connectivity index (χ0v) is 12.5. The molecule has 1 heterocycles. The topological polar surface area (TPSA) is 97.5 Å². The normalized spacial score (nSPS) is 27.3. The second-order valence-electron chi connectivity index (χ2n) is 4.98. The molecule has 1 aliphatic heterocycles. The second kappa shape index (κ2) is 5.85. The van der Waals surface area contributed by atoms with Crippen LogP contribution in [0, 0.1) is 5.92 Å². The molecule has 2 atom stereocenters. The summed E-state index contributed by atoms with van der Waals surface area (Å²) in [6.07, 6.45) is 2.80. The fourth-order valence-corrected chi connectivity index (χ4v) is 5.68. The molecule has 0 aromatic rings. The third-order valence-electron chi connectivity index (χ3n) is 3.38. The van der Waals surface area contributed by atoms with E-state index in [9.17, 15) is 16.8 Å². The number of piperidine rings is 1. The molecule has 6 nitrogen and oxygen atoms in total. The lowest BCUT2D eigenvalue weighted by molar-refractivity contribution is 0.193. The van der Waals surface area contributed by atoms with Crippen molar-refractivity contribution in [3.05, 3.63) is 0 Å². The van der Waals surface area contributed by atoms with Gasteiger partial charge in [0, 0.05) is 25.4 Å². The number of hydrogen-bond acceptors (Lipinski definition) is 5. The Hall–Kier alpha value is -0.180. The molecule has 0 bridgehead atoms. The zero-order chi connectivity index (χ0) is 14.0. The van der Waals surface area contributed by atoms with E-state index in [1.165, 1.54) is 4.31 Å². The molecule has 1 rings (SSSR count). The maximum atomic E-state index is 12.2. The molecule has 108 valence electrons. The largest absolute Gasteiger partial charge is 0.329 e. The Morgan fingerprint density at radius 2 is 1.83 bits per heavy atom. The minimum Gasteiger partial charge on any atom is -0.329 e. The van der Waals surface area contributed by atoms with E-state index in [2.05, 4.69) is 0 Å². The average Bonchev–Trinajstić information content (AvgIpc) is 2.25. The van der Waals surface area contributed by atoms with Crippen molar-refractivity contribution >= 4 is 19.9 Å². The van der Waals surface area contributed by atoms with Gasteiger partial charge in [-0.3, -0.25) is 0 Å². The molecule has 0 radical (unpaired) electrons. The lowest BCUT2D eigenvalue weighted by Gasteiger charge is -2.38. The van der Waals surface area contributed by atoms with Crippen molar-refractivity contribution in [3.8, 4) is 0 Å². The smallest absolute Gasteiger partial charge is 0.215 e.